The SMILES string of the molecule is CC=CCC=CCC=CC. The summed E-state index contributed by atoms with van der Waals surface area (Å²) in [5.74, 6) is 0. The molecule has 0 atom stereocenters. The molecule has 0 bridgehead atoms. The molecule has 0 saturated carbocycles. The van der Waals surface area contributed by atoms with Gasteiger partial charge in [-0.2, -0.15) is 0 Å². The first-order valence-corrected chi connectivity index (χ1v) is 3.79. The Labute approximate surface area is 64.0 Å². The molecule has 0 nitrogen and oxygen atoms in total. The van der Waals surface area contributed by atoms with Crippen molar-refractivity contribution in [1.29, 1.82) is 0 Å². The maximum atomic E-state index is 2.18. The molecule has 0 fully saturated rings. The molecule has 0 rings (SSSR count). The Hall–Kier alpha value is -0.780. The van der Waals surface area contributed by atoms with E-state index in [9.17, 15) is 0 Å². The molecule has 56 valence electrons. The summed E-state index contributed by atoms with van der Waals surface area (Å²) < 4.78 is 0. The van der Waals surface area contributed by atoms with E-state index >= 15 is 0 Å². The van der Waals surface area contributed by atoms with E-state index < -0.39 is 0 Å². The smallest absolute Gasteiger partial charge is 0.0169 e. The van der Waals surface area contributed by atoms with Gasteiger partial charge < -0.3 is 0 Å². The summed E-state index contributed by atoms with van der Waals surface area (Å²) in [6.45, 7) is 4.08. The third-order valence-electron chi connectivity index (χ3n) is 1.18. The quantitative estimate of drug-likeness (QED) is 0.519. The molecule has 0 aliphatic heterocycles. The fraction of sp³-hybridized carbons (Fsp3) is 0.400. The molecule has 0 aliphatic carbocycles. The van der Waals surface area contributed by atoms with Crippen LogP contribution in [0.2, 0.25) is 0 Å². The van der Waals surface area contributed by atoms with Crippen molar-refractivity contribution >= 4 is 0 Å². The van der Waals surface area contributed by atoms with Crippen LogP contribution in [0.15, 0.2) is 36.5 Å². The average molecular weight is 136 g/mol. The third kappa shape index (κ3) is 7.22. The van der Waals surface area contributed by atoms with Crippen LogP contribution in [-0.2, 0) is 0 Å². The Balaban J connectivity index is 3.20. The molecule has 0 N–H and O–H groups in total. The monoisotopic (exact) mass is 136 g/mol. The van der Waals surface area contributed by atoms with Crippen LogP contribution >= 0.6 is 0 Å². The second-order valence-electron chi connectivity index (χ2n) is 2.08. The zero-order chi connectivity index (χ0) is 7.66. The highest BCUT2D eigenvalue weighted by molar-refractivity contribution is 4.95. The highest BCUT2D eigenvalue weighted by atomic mass is 13.8. The van der Waals surface area contributed by atoms with E-state index in [1.165, 1.54) is 0 Å². The first kappa shape index (κ1) is 9.22. The van der Waals surface area contributed by atoms with Crippen molar-refractivity contribution in [3.63, 3.8) is 0 Å². The molecule has 0 aromatic heterocycles. The van der Waals surface area contributed by atoms with Crippen LogP contribution in [0, 0.1) is 0 Å². The van der Waals surface area contributed by atoms with E-state index in [-0.39, 0.29) is 0 Å². The Kier molecular flexibility index (Phi) is 7.58. The van der Waals surface area contributed by atoms with Gasteiger partial charge in [-0.25, -0.2) is 0 Å². The van der Waals surface area contributed by atoms with Gasteiger partial charge in [0.2, 0.25) is 0 Å². The van der Waals surface area contributed by atoms with E-state index in [2.05, 4.69) is 36.5 Å². The molecular weight excluding hydrogens is 120 g/mol. The van der Waals surface area contributed by atoms with Crippen molar-refractivity contribution in [2.24, 2.45) is 0 Å². The molecule has 0 unspecified atom stereocenters. The van der Waals surface area contributed by atoms with Gasteiger partial charge in [0, 0.05) is 0 Å². The summed E-state index contributed by atoms with van der Waals surface area (Å²) in [4.78, 5) is 0. The molecule has 10 heavy (non-hydrogen) atoms. The van der Waals surface area contributed by atoms with Crippen molar-refractivity contribution < 1.29 is 0 Å². The highest BCUT2D eigenvalue weighted by Gasteiger charge is 1.68. The van der Waals surface area contributed by atoms with Crippen LogP contribution in [0.4, 0.5) is 0 Å². The van der Waals surface area contributed by atoms with Gasteiger partial charge in [0.15, 0.2) is 0 Å². The largest absolute Gasteiger partial charge is 0.0914 e. The summed E-state index contributed by atoms with van der Waals surface area (Å²) in [6, 6.07) is 0. The van der Waals surface area contributed by atoms with Crippen molar-refractivity contribution in [3.05, 3.63) is 36.5 Å². The summed E-state index contributed by atoms with van der Waals surface area (Å²) in [5, 5.41) is 0. The molecule has 0 heterocycles. The summed E-state index contributed by atoms with van der Waals surface area (Å²) in [5.41, 5.74) is 0. The maximum absolute atomic E-state index is 2.18. The predicted octanol–water partition coefficient (Wildman–Crippen LogP) is 3.48. The van der Waals surface area contributed by atoms with Crippen molar-refractivity contribution in [3.8, 4) is 0 Å². The van der Waals surface area contributed by atoms with Crippen molar-refractivity contribution in [2.45, 2.75) is 26.7 Å². The van der Waals surface area contributed by atoms with Crippen LogP contribution in [0.25, 0.3) is 0 Å². The molecule has 0 aromatic rings. The molecule has 0 spiro atoms. The first-order valence-electron chi connectivity index (χ1n) is 3.79. The van der Waals surface area contributed by atoms with Crippen LogP contribution in [0.5, 0.6) is 0 Å². The van der Waals surface area contributed by atoms with E-state index in [1.54, 1.807) is 0 Å². The number of hydrogen-bond acceptors (Lipinski definition) is 0. The normalized spacial score (nSPS) is 12.6. The van der Waals surface area contributed by atoms with E-state index in [1.807, 2.05) is 13.8 Å². The van der Waals surface area contributed by atoms with Gasteiger partial charge >= 0.3 is 0 Å². The number of rotatable bonds is 4. The fourth-order valence-electron chi connectivity index (χ4n) is 0.622. The van der Waals surface area contributed by atoms with Crippen LogP contribution in [0.3, 0.4) is 0 Å². The Bertz CT molecular complexity index is 111. The standard InChI is InChI=1S/C10H16/c1-3-5-7-9-10-8-6-4-2/h3-6,9-10H,7-8H2,1-2H3. The average Bonchev–Trinajstić information content (AvgIpc) is 1.97. The second-order valence-corrected chi connectivity index (χ2v) is 2.08. The molecule has 0 radical (unpaired) electrons. The lowest BCUT2D eigenvalue weighted by molar-refractivity contribution is 1.30. The first-order chi connectivity index (χ1) is 4.91. The number of allylic oxidation sites excluding steroid dienone is 6. The van der Waals surface area contributed by atoms with Crippen molar-refractivity contribution in [1.82, 2.24) is 0 Å². The minimum Gasteiger partial charge on any atom is -0.0914 e. The van der Waals surface area contributed by atoms with E-state index in [0.717, 1.165) is 12.8 Å². The topological polar surface area (TPSA) is 0 Å². The Morgan fingerprint density at radius 2 is 1.10 bits per heavy atom. The zero-order valence-corrected chi connectivity index (χ0v) is 6.88. The lowest BCUT2D eigenvalue weighted by Crippen LogP contribution is -1.58. The minimum absolute atomic E-state index is 1.06. The van der Waals surface area contributed by atoms with E-state index in [0.29, 0.717) is 0 Å². The lowest BCUT2D eigenvalue weighted by Gasteiger charge is -1.80. The Morgan fingerprint density at radius 1 is 0.700 bits per heavy atom. The fourth-order valence-corrected chi connectivity index (χ4v) is 0.622. The Morgan fingerprint density at radius 3 is 1.40 bits per heavy atom. The van der Waals surface area contributed by atoms with Gasteiger partial charge in [0.1, 0.15) is 0 Å². The molecule has 0 aromatic carbocycles. The second kappa shape index (κ2) is 8.22. The van der Waals surface area contributed by atoms with Gasteiger partial charge in [0.25, 0.3) is 0 Å². The molecule has 0 amide bonds. The van der Waals surface area contributed by atoms with Crippen LogP contribution in [0.1, 0.15) is 26.7 Å². The summed E-state index contributed by atoms with van der Waals surface area (Å²) in [6.07, 6.45) is 14.9. The minimum atomic E-state index is 1.06. The lowest BCUT2D eigenvalue weighted by atomic mass is 10.3. The highest BCUT2D eigenvalue weighted by Crippen LogP contribution is 1.89. The molecule has 0 aliphatic rings. The maximum Gasteiger partial charge on any atom is -0.0169 e. The van der Waals surface area contributed by atoms with E-state index in [4.69, 9.17) is 0 Å². The van der Waals surface area contributed by atoms with Gasteiger partial charge in [-0.1, -0.05) is 36.5 Å². The van der Waals surface area contributed by atoms with Gasteiger partial charge in [-0.05, 0) is 26.7 Å². The van der Waals surface area contributed by atoms with Gasteiger partial charge in [0.05, 0.1) is 0 Å². The number of hydrogen-bond donors (Lipinski definition) is 0. The molecular formula is C10H16. The van der Waals surface area contributed by atoms with Gasteiger partial charge in [-0.15, -0.1) is 0 Å². The van der Waals surface area contributed by atoms with Gasteiger partial charge in [-0.3, -0.25) is 0 Å². The molecule has 0 saturated heterocycles. The zero-order valence-electron chi connectivity index (χ0n) is 6.88. The molecule has 0 heteroatoms. The predicted molar refractivity (Wildman–Crippen MR) is 48.0 cm³/mol. The van der Waals surface area contributed by atoms with Crippen LogP contribution in [-0.4, -0.2) is 0 Å². The summed E-state index contributed by atoms with van der Waals surface area (Å²) >= 11 is 0. The summed E-state index contributed by atoms with van der Waals surface area (Å²) in [7, 11) is 0. The third-order valence-corrected chi connectivity index (χ3v) is 1.18. The van der Waals surface area contributed by atoms with Crippen LogP contribution < -0.4 is 0 Å². The van der Waals surface area contributed by atoms with Crippen molar-refractivity contribution in [2.75, 3.05) is 0 Å².